The van der Waals surface area contributed by atoms with Gasteiger partial charge in [-0.25, -0.2) is 18.6 Å². The number of aromatic nitrogens is 5. The third-order valence-electron chi connectivity index (χ3n) is 13.4. The first-order chi connectivity index (χ1) is 33.1. The molecule has 9 rings (SSSR count). The SMILES string of the molecule is Cc1nn(C)c(C)c1-c1c(Cl)ccc2c(CCCOc3cccc4cc(F)ccc34)c(C(=O)O)n(CCN3CCN(C(=O)Cn4c(C)nc5c(C(=O)NC6CCC(=O)NC6=O)c(F)ccc54)CC3)c12. The fourth-order valence-corrected chi connectivity index (χ4v) is 10.1. The molecular formula is C50H50ClF2N9O7. The number of aryl methyl sites for hydroxylation is 4. The number of piperidine rings is 1. The molecule has 358 valence electrons. The van der Waals surface area contributed by atoms with Gasteiger partial charge in [-0.2, -0.15) is 5.10 Å². The van der Waals surface area contributed by atoms with Crippen molar-refractivity contribution in [2.24, 2.45) is 7.05 Å². The average Bonchev–Trinajstić information content (AvgIpc) is 3.90. The Morgan fingerprint density at radius 2 is 1.71 bits per heavy atom. The Morgan fingerprint density at radius 1 is 0.942 bits per heavy atom. The lowest BCUT2D eigenvalue weighted by atomic mass is 9.98. The Labute approximate surface area is 399 Å². The van der Waals surface area contributed by atoms with E-state index in [1.54, 1.807) is 33.2 Å². The van der Waals surface area contributed by atoms with Crippen LogP contribution in [0.15, 0.2) is 60.7 Å². The lowest BCUT2D eigenvalue weighted by molar-refractivity contribution is -0.135. The lowest BCUT2D eigenvalue weighted by Crippen LogP contribution is -2.52. The third kappa shape index (κ3) is 9.01. The van der Waals surface area contributed by atoms with Gasteiger partial charge in [0.1, 0.15) is 52.6 Å². The first-order valence-corrected chi connectivity index (χ1v) is 23.2. The second kappa shape index (κ2) is 19.1. The molecule has 16 nitrogen and oxygen atoms in total. The van der Waals surface area contributed by atoms with Crippen molar-refractivity contribution >= 4 is 73.9 Å². The summed E-state index contributed by atoms with van der Waals surface area (Å²) in [7, 11) is 1.86. The number of imidazole rings is 1. The van der Waals surface area contributed by atoms with Crippen LogP contribution in [0.2, 0.25) is 5.02 Å². The maximum absolute atomic E-state index is 15.2. The first kappa shape index (κ1) is 46.9. The van der Waals surface area contributed by atoms with E-state index in [0.29, 0.717) is 96.3 Å². The summed E-state index contributed by atoms with van der Waals surface area (Å²) in [5.41, 5.74) is 4.71. The molecule has 5 heterocycles. The van der Waals surface area contributed by atoms with Crippen molar-refractivity contribution in [2.45, 2.75) is 65.6 Å². The van der Waals surface area contributed by atoms with Gasteiger partial charge < -0.3 is 29.2 Å². The van der Waals surface area contributed by atoms with Crippen molar-refractivity contribution in [1.29, 1.82) is 0 Å². The van der Waals surface area contributed by atoms with Gasteiger partial charge in [-0.3, -0.25) is 34.1 Å². The van der Waals surface area contributed by atoms with E-state index in [4.69, 9.17) is 16.3 Å². The van der Waals surface area contributed by atoms with Gasteiger partial charge in [0.05, 0.1) is 28.4 Å². The number of carboxylic acid groups (broad SMARTS) is 1. The van der Waals surface area contributed by atoms with Crippen molar-refractivity contribution in [3.8, 4) is 16.9 Å². The van der Waals surface area contributed by atoms with Crippen molar-refractivity contribution in [1.82, 2.24) is 44.3 Å². The fourth-order valence-electron chi connectivity index (χ4n) is 9.83. The number of imide groups is 1. The average molecular weight is 962 g/mol. The highest BCUT2D eigenvalue weighted by Crippen LogP contribution is 2.42. The molecule has 7 aromatic rings. The van der Waals surface area contributed by atoms with E-state index in [-0.39, 0.29) is 54.5 Å². The van der Waals surface area contributed by atoms with Gasteiger partial charge in [-0.15, -0.1) is 0 Å². The van der Waals surface area contributed by atoms with Gasteiger partial charge in [0.15, 0.2) is 0 Å². The van der Waals surface area contributed by atoms with E-state index in [1.807, 2.05) is 49.7 Å². The fraction of sp³-hybridized carbons (Fsp3) is 0.340. The number of hydrogen-bond acceptors (Lipinski definition) is 9. The number of ether oxygens (including phenoxy) is 1. The number of benzene rings is 4. The maximum Gasteiger partial charge on any atom is 0.352 e. The van der Waals surface area contributed by atoms with E-state index in [2.05, 4.69) is 25.6 Å². The molecule has 0 bridgehead atoms. The molecule has 3 N–H and O–H groups in total. The minimum atomic E-state index is -1.08. The zero-order valence-corrected chi connectivity index (χ0v) is 39.3. The standard InChI is InChI=1S/C50H50ClF2N9O7/c1-27-42(28(2)58(4)57-27)43-35(51)13-12-34-33(8-6-24-69-39-9-5-7-30-25-31(52)10-11-32(30)39)47(50(67)68)61(46(34)43)23-20-59-18-21-60(22-19-59)41(64)26-62-29(3)54-45-38(62)16-14-36(53)44(45)49(66)55-37-15-17-40(63)56-48(37)65/h5,7,9-14,16,25,37H,6,8,15,17-24,26H2,1-4H3,(H,55,66)(H,67,68)(H,56,63,65). The highest BCUT2D eigenvalue weighted by molar-refractivity contribution is 6.35. The minimum absolute atomic E-state index is 0.0327. The Hall–Kier alpha value is -7.18. The zero-order valence-electron chi connectivity index (χ0n) is 38.5. The molecule has 4 aromatic carbocycles. The Bertz CT molecular complexity index is 3240. The molecule has 1 unspecified atom stereocenters. The van der Waals surface area contributed by atoms with Crippen molar-refractivity contribution < 1.29 is 42.6 Å². The van der Waals surface area contributed by atoms with Crippen LogP contribution in [0.4, 0.5) is 8.78 Å². The van der Waals surface area contributed by atoms with E-state index >= 15 is 4.39 Å². The molecule has 19 heteroatoms. The summed E-state index contributed by atoms with van der Waals surface area (Å²) >= 11 is 7.06. The van der Waals surface area contributed by atoms with E-state index in [0.717, 1.165) is 33.8 Å². The van der Waals surface area contributed by atoms with E-state index < -0.39 is 35.5 Å². The monoisotopic (exact) mass is 961 g/mol. The molecule has 4 amide bonds. The number of halogens is 3. The van der Waals surface area contributed by atoms with Crippen molar-refractivity contribution in [3.05, 3.63) is 111 Å². The topological polar surface area (TPSA) is 186 Å². The second-order valence-corrected chi connectivity index (χ2v) is 18.0. The molecule has 2 aliphatic heterocycles. The number of aromatic carboxylic acids is 1. The van der Waals surface area contributed by atoms with Crippen LogP contribution in [0.5, 0.6) is 5.75 Å². The van der Waals surface area contributed by atoms with Crippen LogP contribution >= 0.6 is 11.6 Å². The number of piperazine rings is 1. The number of amides is 4. The van der Waals surface area contributed by atoms with Crippen LogP contribution in [0.3, 0.4) is 0 Å². The number of fused-ring (bicyclic) bond motifs is 3. The number of nitrogens with one attached hydrogen (secondary N) is 2. The minimum Gasteiger partial charge on any atom is -0.493 e. The van der Waals surface area contributed by atoms with Gasteiger partial charge in [-0.05, 0) is 93.4 Å². The number of rotatable bonds is 14. The first-order valence-electron chi connectivity index (χ1n) is 22.8. The predicted octanol–water partition coefficient (Wildman–Crippen LogP) is 6.49. The number of carbonyl (C=O) groups excluding carboxylic acids is 4. The normalized spacial score (nSPS) is 15.6. The largest absolute Gasteiger partial charge is 0.493 e. The Morgan fingerprint density at radius 3 is 2.43 bits per heavy atom. The molecular weight excluding hydrogens is 912 g/mol. The highest BCUT2D eigenvalue weighted by atomic mass is 35.5. The van der Waals surface area contributed by atoms with Crippen LogP contribution in [-0.2, 0) is 40.9 Å². The van der Waals surface area contributed by atoms with E-state index in [1.165, 1.54) is 18.2 Å². The van der Waals surface area contributed by atoms with Gasteiger partial charge in [0.2, 0.25) is 17.7 Å². The quantitative estimate of drug-likeness (QED) is 0.0804. The Kier molecular flexibility index (Phi) is 13.0. The van der Waals surface area contributed by atoms with Crippen LogP contribution < -0.4 is 15.4 Å². The summed E-state index contributed by atoms with van der Waals surface area (Å²) in [5.74, 6) is -3.45. The van der Waals surface area contributed by atoms with Crippen molar-refractivity contribution in [2.75, 3.05) is 39.3 Å². The molecule has 0 saturated carbocycles. The van der Waals surface area contributed by atoms with Gasteiger partial charge in [0, 0.05) is 80.3 Å². The number of hydrogen-bond donors (Lipinski definition) is 3. The van der Waals surface area contributed by atoms with Crippen LogP contribution in [0.25, 0.3) is 43.8 Å². The summed E-state index contributed by atoms with van der Waals surface area (Å²) < 4.78 is 40.7. The van der Waals surface area contributed by atoms with Crippen LogP contribution in [-0.4, -0.2) is 114 Å². The molecule has 1 atom stereocenters. The molecule has 0 spiro atoms. The molecule has 0 radical (unpaired) electrons. The molecule has 69 heavy (non-hydrogen) atoms. The van der Waals surface area contributed by atoms with Crippen LogP contribution in [0.1, 0.15) is 62.9 Å². The molecule has 0 aliphatic carbocycles. The zero-order chi connectivity index (χ0) is 48.8. The smallest absolute Gasteiger partial charge is 0.352 e. The summed E-state index contributed by atoms with van der Waals surface area (Å²) in [6.45, 7) is 8.24. The number of carboxylic acids is 1. The predicted molar refractivity (Wildman–Crippen MR) is 254 cm³/mol. The molecule has 2 aliphatic rings. The van der Waals surface area contributed by atoms with Gasteiger partial charge >= 0.3 is 5.97 Å². The summed E-state index contributed by atoms with van der Waals surface area (Å²) in [6.07, 6.45) is 0.983. The number of carbonyl (C=O) groups is 5. The third-order valence-corrected chi connectivity index (χ3v) is 13.7. The molecule has 3 aromatic heterocycles. The highest BCUT2D eigenvalue weighted by Gasteiger charge is 2.32. The summed E-state index contributed by atoms with van der Waals surface area (Å²) in [4.78, 5) is 72.9. The van der Waals surface area contributed by atoms with Gasteiger partial charge in [0.25, 0.3) is 5.91 Å². The Balaban J connectivity index is 0.922. The summed E-state index contributed by atoms with van der Waals surface area (Å²) in [6, 6.07) is 15.2. The number of nitrogens with zero attached hydrogens (tertiary/aromatic N) is 7. The maximum atomic E-state index is 15.2. The van der Waals surface area contributed by atoms with E-state index in [9.17, 15) is 33.5 Å². The summed E-state index contributed by atoms with van der Waals surface area (Å²) in [5, 5.41) is 23.0. The second-order valence-electron chi connectivity index (χ2n) is 17.6. The van der Waals surface area contributed by atoms with Crippen molar-refractivity contribution in [3.63, 3.8) is 0 Å². The van der Waals surface area contributed by atoms with Crippen LogP contribution in [0, 0.1) is 32.4 Å². The molecule has 2 fully saturated rings. The molecule has 2 saturated heterocycles. The van der Waals surface area contributed by atoms with Gasteiger partial charge in [-0.1, -0.05) is 29.8 Å². The lowest BCUT2D eigenvalue weighted by Gasteiger charge is -2.35.